The quantitative estimate of drug-likeness (QED) is 0.855. The molecule has 0 atom stereocenters. The first-order valence-electron chi connectivity index (χ1n) is 6.54. The number of ether oxygens (including phenoxy) is 1. The molecule has 6 nitrogen and oxygen atoms in total. The molecule has 1 aromatic heterocycles. The number of amides is 1. The van der Waals surface area contributed by atoms with Crippen LogP contribution in [0, 0.1) is 6.92 Å². The van der Waals surface area contributed by atoms with Crippen LogP contribution in [0.25, 0.3) is 0 Å². The van der Waals surface area contributed by atoms with E-state index in [1.807, 2.05) is 41.5 Å². The highest BCUT2D eigenvalue weighted by molar-refractivity contribution is 5.88. The first-order chi connectivity index (χ1) is 8.90. The van der Waals surface area contributed by atoms with E-state index in [2.05, 4.69) is 9.97 Å². The summed E-state index contributed by atoms with van der Waals surface area (Å²) in [5.41, 5.74) is 4.67. The summed E-state index contributed by atoms with van der Waals surface area (Å²) in [6.45, 7) is 12.9. The molecule has 0 aliphatic rings. The lowest BCUT2D eigenvalue weighted by atomic mass is 10.1. The fraction of sp³-hybridized carbons (Fsp3) is 0.643. The van der Waals surface area contributed by atoms with E-state index in [9.17, 15) is 4.79 Å². The molecule has 1 aromatic rings. The van der Waals surface area contributed by atoms with Gasteiger partial charge in [-0.1, -0.05) is 0 Å². The van der Waals surface area contributed by atoms with E-state index in [0.717, 1.165) is 0 Å². The summed E-state index contributed by atoms with van der Waals surface area (Å²) < 4.78 is 5.45. The van der Waals surface area contributed by atoms with Crippen molar-refractivity contribution in [2.24, 2.45) is 0 Å². The van der Waals surface area contributed by atoms with Gasteiger partial charge in [-0.25, -0.2) is 14.8 Å². The number of anilines is 2. The Morgan fingerprint density at radius 2 is 1.75 bits per heavy atom. The predicted molar refractivity (Wildman–Crippen MR) is 79.6 cm³/mol. The first kappa shape index (κ1) is 16.2. The Morgan fingerprint density at radius 3 is 2.15 bits per heavy atom. The highest BCUT2D eigenvalue weighted by atomic mass is 16.6. The topological polar surface area (TPSA) is 81.3 Å². The zero-order chi connectivity index (χ0) is 15.7. The number of rotatable bonds is 1. The third-order valence-electron chi connectivity index (χ3n) is 2.32. The zero-order valence-electron chi connectivity index (χ0n) is 13.3. The summed E-state index contributed by atoms with van der Waals surface area (Å²) in [7, 11) is 0. The van der Waals surface area contributed by atoms with E-state index in [4.69, 9.17) is 10.5 Å². The van der Waals surface area contributed by atoms with E-state index in [1.165, 1.54) is 4.90 Å². The Labute approximate surface area is 120 Å². The van der Waals surface area contributed by atoms with Gasteiger partial charge in [0.15, 0.2) is 0 Å². The summed E-state index contributed by atoms with van der Waals surface area (Å²) in [5, 5.41) is 0. The minimum Gasteiger partial charge on any atom is -0.443 e. The van der Waals surface area contributed by atoms with Gasteiger partial charge < -0.3 is 10.5 Å². The lowest BCUT2D eigenvalue weighted by molar-refractivity contribution is 0.0549. The maximum absolute atomic E-state index is 12.4. The molecule has 112 valence electrons. The summed E-state index contributed by atoms with van der Waals surface area (Å²) in [5.74, 6) is 1.28. The Hall–Kier alpha value is -1.85. The molecule has 0 saturated heterocycles. The average Bonchev–Trinajstić information content (AvgIpc) is 2.08. The van der Waals surface area contributed by atoms with Crippen LogP contribution in [0.3, 0.4) is 0 Å². The van der Waals surface area contributed by atoms with Crippen molar-refractivity contribution in [2.75, 3.05) is 10.6 Å². The molecular formula is C14H24N4O2. The van der Waals surface area contributed by atoms with Gasteiger partial charge in [-0.2, -0.15) is 0 Å². The molecule has 0 radical (unpaired) electrons. The van der Waals surface area contributed by atoms with Crippen LogP contribution in [-0.4, -0.2) is 27.2 Å². The summed E-state index contributed by atoms with van der Waals surface area (Å²) in [4.78, 5) is 22.2. The van der Waals surface area contributed by atoms with Crippen LogP contribution in [0.15, 0.2) is 6.07 Å². The number of hydrogen-bond donors (Lipinski definition) is 1. The number of aryl methyl sites for hydroxylation is 1. The average molecular weight is 280 g/mol. The summed E-state index contributed by atoms with van der Waals surface area (Å²) >= 11 is 0. The fourth-order valence-corrected chi connectivity index (χ4v) is 1.71. The number of aromatic nitrogens is 2. The van der Waals surface area contributed by atoms with Gasteiger partial charge in [0, 0.05) is 11.6 Å². The standard InChI is InChI=1S/C14H24N4O2/c1-9-16-10(15)8-11(17-9)18(13(2,3)4)12(19)20-14(5,6)7/h8H,1-7H3,(H2,15,16,17). The molecular weight excluding hydrogens is 256 g/mol. The van der Waals surface area contributed by atoms with Crippen LogP contribution in [0.5, 0.6) is 0 Å². The Kier molecular flexibility index (Phi) is 4.27. The van der Waals surface area contributed by atoms with Crippen molar-refractivity contribution in [2.45, 2.75) is 59.6 Å². The Balaban J connectivity index is 3.23. The largest absolute Gasteiger partial charge is 0.443 e. The van der Waals surface area contributed by atoms with Crippen LogP contribution < -0.4 is 10.6 Å². The number of nitrogens with zero attached hydrogens (tertiary/aromatic N) is 3. The minimum absolute atomic E-state index is 0.324. The number of nitrogen functional groups attached to an aromatic ring is 1. The molecule has 0 aromatic carbocycles. The van der Waals surface area contributed by atoms with Gasteiger partial charge in [0.05, 0.1) is 0 Å². The van der Waals surface area contributed by atoms with Crippen molar-refractivity contribution < 1.29 is 9.53 Å². The van der Waals surface area contributed by atoms with Crippen molar-refractivity contribution in [1.82, 2.24) is 9.97 Å². The number of carbonyl (C=O) groups is 1. The summed E-state index contributed by atoms with van der Waals surface area (Å²) in [6.07, 6.45) is -0.456. The number of nitrogens with two attached hydrogens (primary N) is 1. The molecule has 0 saturated carbocycles. The molecule has 0 bridgehead atoms. The van der Waals surface area contributed by atoms with Gasteiger partial charge in [0.25, 0.3) is 0 Å². The summed E-state index contributed by atoms with van der Waals surface area (Å²) in [6, 6.07) is 1.57. The van der Waals surface area contributed by atoms with Crippen LogP contribution in [0.2, 0.25) is 0 Å². The Morgan fingerprint density at radius 1 is 1.20 bits per heavy atom. The van der Waals surface area contributed by atoms with Crippen LogP contribution >= 0.6 is 0 Å². The lowest BCUT2D eigenvalue weighted by Crippen LogP contribution is -2.48. The molecule has 20 heavy (non-hydrogen) atoms. The molecule has 0 spiro atoms. The van der Waals surface area contributed by atoms with Crippen LogP contribution in [0.1, 0.15) is 47.4 Å². The van der Waals surface area contributed by atoms with Gasteiger partial charge in [-0.3, -0.25) is 4.90 Å². The second-order valence-corrected chi connectivity index (χ2v) is 6.68. The highest BCUT2D eigenvalue weighted by Crippen LogP contribution is 2.25. The number of hydrogen-bond acceptors (Lipinski definition) is 5. The molecule has 0 aliphatic carbocycles. The molecule has 1 heterocycles. The van der Waals surface area contributed by atoms with E-state index >= 15 is 0 Å². The normalized spacial score (nSPS) is 12.2. The van der Waals surface area contributed by atoms with Gasteiger partial charge in [0.2, 0.25) is 0 Å². The van der Waals surface area contributed by atoms with Crippen molar-refractivity contribution in [3.05, 3.63) is 11.9 Å². The predicted octanol–water partition coefficient (Wildman–Crippen LogP) is 2.91. The highest BCUT2D eigenvalue weighted by Gasteiger charge is 2.33. The lowest BCUT2D eigenvalue weighted by Gasteiger charge is -2.36. The number of carbonyl (C=O) groups excluding carboxylic acids is 1. The maximum Gasteiger partial charge on any atom is 0.416 e. The molecule has 0 fully saturated rings. The van der Waals surface area contributed by atoms with Gasteiger partial charge in [-0.05, 0) is 48.5 Å². The molecule has 2 N–H and O–H groups in total. The second kappa shape index (κ2) is 5.26. The molecule has 0 unspecified atom stereocenters. The fourth-order valence-electron chi connectivity index (χ4n) is 1.71. The zero-order valence-corrected chi connectivity index (χ0v) is 13.3. The molecule has 1 amide bonds. The molecule has 6 heteroatoms. The smallest absolute Gasteiger partial charge is 0.416 e. The van der Waals surface area contributed by atoms with E-state index in [0.29, 0.717) is 17.5 Å². The van der Waals surface area contributed by atoms with Crippen molar-refractivity contribution in [1.29, 1.82) is 0 Å². The second-order valence-electron chi connectivity index (χ2n) is 6.68. The van der Waals surface area contributed by atoms with E-state index < -0.39 is 17.2 Å². The van der Waals surface area contributed by atoms with E-state index in [1.54, 1.807) is 13.0 Å². The van der Waals surface area contributed by atoms with Crippen LogP contribution in [-0.2, 0) is 4.74 Å². The third kappa shape index (κ3) is 4.36. The SMILES string of the molecule is Cc1nc(N)cc(N(C(=O)OC(C)(C)C)C(C)(C)C)n1. The van der Waals surface area contributed by atoms with Crippen molar-refractivity contribution in [3.8, 4) is 0 Å². The first-order valence-corrected chi connectivity index (χ1v) is 6.54. The monoisotopic (exact) mass is 280 g/mol. The van der Waals surface area contributed by atoms with Crippen molar-refractivity contribution in [3.63, 3.8) is 0 Å². The van der Waals surface area contributed by atoms with Gasteiger partial charge in [0.1, 0.15) is 23.1 Å². The van der Waals surface area contributed by atoms with Crippen molar-refractivity contribution >= 4 is 17.7 Å². The minimum atomic E-state index is -0.575. The third-order valence-corrected chi connectivity index (χ3v) is 2.32. The van der Waals surface area contributed by atoms with Gasteiger partial charge in [-0.15, -0.1) is 0 Å². The van der Waals surface area contributed by atoms with E-state index in [-0.39, 0.29) is 0 Å². The van der Waals surface area contributed by atoms with Gasteiger partial charge >= 0.3 is 6.09 Å². The molecule has 0 aliphatic heterocycles. The maximum atomic E-state index is 12.4. The Bertz CT molecular complexity index is 481. The van der Waals surface area contributed by atoms with Crippen LogP contribution in [0.4, 0.5) is 16.4 Å². The molecule has 1 rings (SSSR count).